The highest BCUT2D eigenvalue weighted by atomic mass is 35.5. The van der Waals surface area contributed by atoms with Gasteiger partial charge in [-0.05, 0) is 37.4 Å². The lowest BCUT2D eigenvalue weighted by Gasteiger charge is -2.32. The Balaban J connectivity index is 1.88. The van der Waals surface area contributed by atoms with Crippen LogP contribution in [0.25, 0.3) is 11.3 Å². The van der Waals surface area contributed by atoms with E-state index in [4.69, 9.17) is 17.3 Å². The van der Waals surface area contributed by atoms with E-state index >= 15 is 0 Å². The highest BCUT2D eigenvalue weighted by Gasteiger charge is 2.21. The van der Waals surface area contributed by atoms with Crippen molar-refractivity contribution in [3.05, 3.63) is 41.6 Å². The molecule has 0 saturated carbocycles. The van der Waals surface area contributed by atoms with Gasteiger partial charge in [0.1, 0.15) is 0 Å². The second-order valence-electron chi connectivity index (χ2n) is 5.41. The molecule has 1 aliphatic heterocycles. The van der Waals surface area contributed by atoms with Crippen LogP contribution < -0.4 is 10.6 Å². The monoisotopic (exact) mass is 302 g/mol. The van der Waals surface area contributed by atoms with E-state index < -0.39 is 0 Å². The molecule has 0 amide bonds. The number of piperidine rings is 1. The van der Waals surface area contributed by atoms with Crippen LogP contribution in [0, 0.1) is 5.92 Å². The molecule has 0 spiro atoms. The molecule has 1 aromatic carbocycles. The van der Waals surface area contributed by atoms with E-state index in [-0.39, 0.29) is 0 Å². The van der Waals surface area contributed by atoms with Crippen LogP contribution in [0.5, 0.6) is 0 Å². The van der Waals surface area contributed by atoms with Crippen molar-refractivity contribution in [2.45, 2.75) is 12.8 Å². The Hall–Kier alpha value is -1.65. The molecule has 110 valence electrons. The Bertz CT molecular complexity index is 617. The molecule has 0 aliphatic carbocycles. The van der Waals surface area contributed by atoms with Gasteiger partial charge in [0.15, 0.2) is 0 Å². The first-order valence-corrected chi connectivity index (χ1v) is 7.68. The van der Waals surface area contributed by atoms with Gasteiger partial charge in [-0.2, -0.15) is 0 Å². The van der Waals surface area contributed by atoms with Gasteiger partial charge in [0, 0.05) is 29.9 Å². The first-order valence-electron chi connectivity index (χ1n) is 7.31. The second-order valence-corrected chi connectivity index (χ2v) is 5.82. The van der Waals surface area contributed by atoms with Gasteiger partial charge in [0.05, 0.1) is 5.69 Å². The van der Waals surface area contributed by atoms with E-state index in [2.05, 4.69) is 14.9 Å². The molecule has 5 heteroatoms. The van der Waals surface area contributed by atoms with Crippen LogP contribution in [0.1, 0.15) is 12.8 Å². The molecule has 21 heavy (non-hydrogen) atoms. The van der Waals surface area contributed by atoms with Gasteiger partial charge in [-0.25, -0.2) is 9.97 Å². The zero-order chi connectivity index (χ0) is 14.7. The molecular formula is C16H19ClN4. The fourth-order valence-electron chi connectivity index (χ4n) is 2.76. The first kappa shape index (κ1) is 14.3. The maximum atomic E-state index is 6.25. The van der Waals surface area contributed by atoms with Gasteiger partial charge < -0.3 is 10.6 Å². The summed E-state index contributed by atoms with van der Waals surface area (Å²) in [6, 6.07) is 9.64. The summed E-state index contributed by atoms with van der Waals surface area (Å²) in [6.45, 7) is 2.64. The molecule has 1 unspecified atom stereocenters. The highest BCUT2D eigenvalue weighted by molar-refractivity contribution is 6.33. The summed E-state index contributed by atoms with van der Waals surface area (Å²) >= 11 is 6.25. The van der Waals surface area contributed by atoms with Crippen LogP contribution in [0.4, 0.5) is 5.95 Å². The Kier molecular flexibility index (Phi) is 4.36. The largest absolute Gasteiger partial charge is 0.340 e. The molecule has 1 atom stereocenters. The van der Waals surface area contributed by atoms with Crippen molar-refractivity contribution < 1.29 is 0 Å². The molecule has 2 aromatic rings. The van der Waals surface area contributed by atoms with Crippen LogP contribution in [-0.4, -0.2) is 29.6 Å². The molecule has 2 N–H and O–H groups in total. The van der Waals surface area contributed by atoms with E-state index in [0.717, 1.165) is 43.3 Å². The van der Waals surface area contributed by atoms with Crippen molar-refractivity contribution in [2.24, 2.45) is 11.7 Å². The standard InChI is InChI=1S/C16H19ClN4/c17-14-6-2-1-5-13(14)15-7-8-19-16(20-15)21-9-3-4-12(10-18)11-21/h1-2,5-8,12H,3-4,9-11,18H2. The summed E-state index contributed by atoms with van der Waals surface area (Å²) in [4.78, 5) is 11.3. The summed E-state index contributed by atoms with van der Waals surface area (Å²) in [5.74, 6) is 1.30. The van der Waals surface area contributed by atoms with Crippen molar-refractivity contribution in [1.82, 2.24) is 9.97 Å². The SMILES string of the molecule is NCC1CCCN(c2nccc(-c3ccccc3Cl)n2)C1. The highest BCUT2D eigenvalue weighted by Crippen LogP contribution is 2.27. The topological polar surface area (TPSA) is 55.0 Å². The van der Waals surface area contributed by atoms with E-state index in [0.29, 0.717) is 10.9 Å². The predicted molar refractivity (Wildman–Crippen MR) is 86.5 cm³/mol. The lowest BCUT2D eigenvalue weighted by Crippen LogP contribution is -2.39. The lowest BCUT2D eigenvalue weighted by molar-refractivity contribution is 0.419. The number of hydrogen-bond donors (Lipinski definition) is 1. The number of nitrogens with zero attached hydrogens (tertiary/aromatic N) is 3. The van der Waals surface area contributed by atoms with Crippen LogP contribution in [0.2, 0.25) is 5.02 Å². The first-order chi connectivity index (χ1) is 10.3. The van der Waals surface area contributed by atoms with E-state index in [9.17, 15) is 0 Å². The third-order valence-electron chi connectivity index (χ3n) is 3.93. The third kappa shape index (κ3) is 3.17. The third-order valence-corrected chi connectivity index (χ3v) is 4.26. The van der Waals surface area contributed by atoms with Crippen molar-refractivity contribution in [2.75, 3.05) is 24.5 Å². The average molecular weight is 303 g/mol. The fourth-order valence-corrected chi connectivity index (χ4v) is 2.99. The number of aromatic nitrogens is 2. The number of rotatable bonds is 3. The van der Waals surface area contributed by atoms with E-state index in [1.807, 2.05) is 30.3 Å². The second kappa shape index (κ2) is 6.41. The minimum absolute atomic E-state index is 0.534. The summed E-state index contributed by atoms with van der Waals surface area (Å²) in [5.41, 5.74) is 7.60. The Morgan fingerprint density at radius 2 is 2.14 bits per heavy atom. The molecule has 3 rings (SSSR count). The Morgan fingerprint density at radius 1 is 1.29 bits per heavy atom. The smallest absolute Gasteiger partial charge is 0.225 e. The number of anilines is 1. The van der Waals surface area contributed by atoms with Crippen LogP contribution in [0.15, 0.2) is 36.5 Å². The molecule has 1 saturated heterocycles. The van der Waals surface area contributed by atoms with Gasteiger partial charge in [0.25, 0.3) is 0 Å². The van der Waals surface area contributed by atoms with Crippen LogP contribution in [0.3, 0.4) is 0 Å². The predicted octanol–water partition coefficient (Wildman–Crippen LogP) is 2.97. The van der Waals surface area contributed by atoms with E-state index in [1.54, 1.807) is 6.20 Å². The molecule has 1 aromatic heterocycles. The molecule has 4 nitrogen and oxygen atoms in total. The number of nitrogens with two attached hydrogens (primary N) is 1. The van der Waals surface area contributed by atoms with Crippen molar-refractivity contribution in [1.29, 1.82) is 0 Å². The molecular weight excluding hydrogens is 284 g/mol. The van der Waals surface area contributed by atoms with Crippen molar-refractivity contribution in [3.8, 4) is 11.3 Å². The number of hydrogen-bond acceptors (Lipinski definition) is 4. The minimum atomic E-state index is 0.534. The lowest BCUT2D eigenvalue weighted by atomic mass is 9.99. The average Bonchev–Trinajstić information content (AvgIpc) is 2.55. The molecule has 1 aliphatic rings. The quantitative estimate of drug-likeness (QED) is 0.947. The van der Waals surface area contributed by atoms with E-state index in [1.165, 1.54) is 6.42 Å². The van der Waals surface area contributed by atoms with Gasteiger partial charge in [-0.1, -0.05) is 29.8 Å². The van der Waals surface area contributed by atoms with Crippen molar-refractivity contribution in [3.63, 3.8) is 0 Å². The molecule has 1 fully saturated rings. The maximum Gasteiger partial charge on any atom is 0.225 e. The van der Waals surface area contributed by atoms with Gasteiger partial charge >= 0.3 is 0 Å². The summed E-state index contributed by atoms with van der Waals surface area (Å²) < 4.78 is 0. The van der Waals surface area contributed by atoms with Crippen molar-refractivity contribution >= 4 is 17.5 Å². The molecule has 0 radical (unpaired) electrons. The zero-order valence-corrected chi connectivity index (χ0v) is 12.6. The van der Waals surface area contributed by atoms with Crippen LogP contribution in [-0.2, 0) is 0 Å². The van der Waals surface area contributed by atoms with Gasteiger partial charge in [-0.15, -0.1) is 0 Å². The molecule has 0 bridgehead atoms. The Labute approximate surface area is 130 Å². The number of halogens is 1. The summed E-state index contributed by atoms with van der Waals surface area (Å²) in [7, 11) is 0. The van der Waals surface area contributed by atoms with Gasteiger partial charge in [-0.3, -0.25) is 0 Å². The zero-order valence-electron chi connectivity index (χ0n) is 11.9. The van der Waals surface area contributed by atoms with Gasteiger partial charge in [0.2, 0.25) is 5.95 Å². The Morgan fingerprint density at radius 3 is 2.95 bits per heavy atom. The molecule has 2 heterocycles. The summed E-state index contributed by atoms with van der Waals surface area (Å²) in [6.07, 6.45) is 4.13. The maximum absolute atomic E-state index is 6.25. The fraction of sp³-hybridized carbons (Fsp3) is 0.375. The number of benzene rings is 1. The van der Waals surface area contributed by atoms with Crippen LogP contribution >= 0.6 is 11.6 Å². The summed E-state index contributed by atoms with van der Waals surface area (Å²) in [5, 5.41) is 0.709. The normalized spacial score (nSPS) is 18.8. The minimum Gasteiger partial charge on any atom is -0.340 e.